The summed E-state index contributed by atoms with van der Waals surface area (Å²) in [4.78, 5) is 12.2. The van der Waals surface area contributed by atoms with Crippen molar-refractivity contribution in [2.24, 2.45) is 40.4 Å². The molecule has 4 fully saturated rings. The Labute approximate surface area is 141 Å². The highest BCUT2D eigenvalue weighted by Gasteiger charge is 2.59. The van der Waals surface area contributed by atoms with Gasteiger partial charge in [-0.05, 0) is 99.2 Å². The Bertz CT molecular complexity index is 500. The van der Waals surface area contributed by atoms with Crippen LogP contribution in [0.2, 0.25) is 0 Å². The average molecular weight is 319 g/mol. The molecule has 0 heterocycles. The summed E-state index contributed by atoms with van der Waals surface area (Å²) in [6.45, 7) is 6.72. The van der Waals surface area contributed by atoms with Crippen LogP contribution in [0.3, 0.4) is 0 Å². The highest BCUT2D eigenvalue weighted by Crippen LogP contribution is 2.66. The maximum absolute atomic E-state index is 12.2. The molecule has 0 aromatic heterocycles. The van der Waals surface area contributed by atoms with E-state index in [1.165, 1.54) is 38.5 Å². The van der Waals surface area contributed by atoms with Crippen LogP contribution < -0.4 is 0 Å². The number of carbonyl (C=O) groups is 1. The fourth-order valence-corrected chi connectivity index (χ4v) is 7.93. The molecule has 4 rings (SSSR count). The third-order valence-corrected chi connectivity index (χ3v) is 8.96. The third-order valence-electron chi connectivity index (χ3n) is 8.96. The van der Waals surface area contributed by atoms with Crippen molar-refractivity contribution in [3.05, 3.63) is 0 Å². The molecule has 1 N–H and O–H groups in total. The monoisotopic (exact) mass is 318 g/mol. The molecule has 0 radical (unpaired) electrons. The molecule has 4 aliphatic rings. The minimum atomic E-state index is -0.0600. The summed E-state index contributed by atoms with van der Waals surface area (Å²) in [5, 5.41) is 10.2. The molecule has 130 valence electrons. The summed E-state index contributed by atoms with van der Waals surface area (Å²) < 4.78 is 0. The molecule has 0 unspecified atom stereocenters. The summed E-state index contributed by atoms with van der Waals surface area (Å²) in [6.07, 6.45) is 10.9. The van der Waals surface area contributed by atoms with E-state index < -0.39 is 0 Å². The van der Waals surface area contributed by atoms with Crippen molar-refractivity contribution < 1.29 is 9.90 Å². The van der Waals surface area contributed by atoms with Gasteiger partial charge < -0.3 is 5.11 Å². The van der Waals surface area contributed by atoms with Crippen molar-refractivity contribution in [2.45, 2.75) is 84.7 Å². The van der Waals surface area contributed by atoms with E-state index in [1.807, 2.05) is 6.92 Å². The van der Waals surface area contributed by atoms with Crippen LogP contribution in [0.4, 0.5) is 0 Å². The Kier molecular flexibility index (Phi) is 3.72. The first-order valence-electron chi connectivity index (χ1n) is 10.0. The molecule has 0 saturated heterocycles. The summed E-state index contributed by atoms with van der Waals surface area (Å²) >= 11 is 0. The van der Waals surface area contributed by atoms with Crippen molar-refractivity contribution in [3.63, 3.8) is 0 Å². The number of ketones is 1. The predicted molar refractivity (Wildman–Crippen MR) is 91.9 cm³/mol. The first kappa shape index (κ1) is 16.1. The number of aliphatic hydroxyl groups is 1. The molecular formula is C21H34O2. The van der Waals surface area contributed by atoms with Crippen molar-refractivity contribution >= 4 is 5.78 Å². The Morgan fingerprint density at radius 3 is 2.30 bits per heavy atom. The fraction of sp³-hybridized carbons (Fsp3) is 0.952. The number of carbonyl (C=O) groups excluding carboxylic acids is 1. The highest BCUT2D eigenvalue weighted by molar-refractivity contribution is 5.79. The molecule has 4 aliphatic carbocycles. The van der Waals surface area contributed by atoms with Gasteiger partial charge in [-0.25, -0.2) is 0 Å². The van der Waals surface area contributed by atoms with Gasteiger partial charge in [0.1, 0.15) is 5.78 Å². The van der Waals surface area contributed by atoms with E-state index in [-0.39, 0.29) is 11.5 Å². The second kappa shape index (κ2) is 5.31. The highest BCUT2D eigenvalue weighted by atomic mass is 16.3. The Morgan fingerprint density at radius 1 is 0.913 bits per heavy atom. The van der Waals surface area contributed by atoms with Crippen molar-refractivity contribution in [1.82, 2.24) is 0 Å². The van der Waals surface area contributed by atoms with E-state index in [1.54, 1.807) is 0 Å². The van der Waals surface area contributed by atoms with Gasteiger partial charge in [0.05, 0.1) is 6.10 Å². The van der Waals surface area contributed by atoms with Crippen LogP contribution in [0, 0.1) is 40.4 Å². The molecule has 2 nitrogen and oxygen atoms in total. The lowest BCUT2D eigenvalue weighted by Crippen LogP contribution is -2.52. The second-order valence-electron chi connectivity index (χ2n) is 9.95. The molecule has 23 heavy (non-hydrogen) atoms. The van der Waals surface area contributed by atoms with Gasteiger partial charge in [0.2, 0.25) is 0 Å². The smallest absolute Gasteiger partial charge is 0.133 e. The minimum absolute atomic E-state index is 0.0600. The number of hydrogen-bond donors (Lipinski definition) is 1. The van der Waals surface area contributed by atoms with E-state index in [9.17, 15) is 9.90 Å². The van der Waals surface area contributed by atoms with Crippen LogP contribution in [0.25, 0.3) is 0 Å². The number of fused-ring (bicyclic) bond motifs is 5. The third kappa shape index (κ3) is 2.27. The zero-order valence-corrected chi connectivity index (χ0v) is 15.2. The SMILES string of the molecule is CC(=O)[C@H]1CC[C@H]2[C@@H]3CC[C@@]4(C)C[C@H](O)CC[C@@H]4[C@H]3CC[C@]12C. The largest absolute Gasteiger partial charge is 0.393 e. The number of hydrogen-bond acceptors (Lipinski definition) is 2. The van der Waals surface area contributed by atoms with Crippen LogP contribution in [0.15, 0.2) is 0 Å². The molecule has 8 atom stereocenters. The van der Waals surface area contributed by atoms with E-state index in [0.29, 0.717) is 17.1 Å². The number of Topliss-reactive ketones (excluding diaryl/α,β-unsaturated/α-hetero) is 1. The van der Waals surface area contributed by atoms with Crippen LogP contribution in [-0.2, 0) is 4.79 Å². The van der Waals surface area contributed by atoms with Gasteiger partial charge in [0.25, 0.3) is 0 Å². The van der Waals surface area contributed by atoms with Gasteiger partial charge in [-0.1, -0.05) is 13.8 Å². The van der Waals surface area contributed by atoms with Gasteiger partial charge in [0.15, 0.2) is 0 Å². The van der Waals surface area contributed by atoms with E-state index >= 15 is 0 Å². The minimum Gasteiger partial charge on any atom is -0.393 e. The standard InChI is InChI=1S/C21H34O2/c1-13(22)17-6-7-19-16-8-10-20(2)12-14(23)4-5-18(20)15(16)9-11-21(17,19)3/h14-19,23H,4-12H2,1-3H3/t14-,15+,16-,17-,18-,19+,20+,21-/m1/s1. The Hall–Kier alpha value is -0.370. The summed E-state index contributed by atoms with van der Waals surface area (Å²) in [6, 6.07) is 0. The molecule has 0 amide bonds. The molecule has 0 bridgehead atoms. The molecule has 2 heteroatoms. The molecule has 0 aromatic rings. The van der Waals surface area contributed by atoms with Crippen molar-refractivity contribution in [2.75, 3.05) is 0 Å². The van der Waals surface area contributed by atoms with Gasteiger partial charge >= 0.3 is 0 Å². The number of rotatable bonds is 1. The topological polar surface area (TPSA) is 37.3 Å². The average Bonchev–Trinajstić information content (AvgIpc) is 2.83. The van der Waals surface area contributed by atoms with Gasteiger partial charge in [0, 0.05) is 5.92 Å². The molecule has 0 spiro atoms. The molecule has 0 aromatic carbocycles. The van der Waals surface area contributed by atoms with Crippen LogP contribution in [0.5, 0.6) is 0 Å². The quantitative estimate of drug-likeness (QED) is 0.767. The first-order chi connectivity index (χ1) is 10.8. The maximum Gasteiger partial charge on any atom is 0.133 e. The predicted octanol–water partition coefficient (Wildman–Crippen LogP) is 4.60. The zero-order chi connectivity index (χ0) is 16.4. The van der Waals surface area contributed by atoms with E-state index in [2.05, 4.69) is 13.8 Å². The molecular weight excluding hydrogens is 284 g/mol. The Morgan fingerprint density at radius 2 is 1.57 bits per heavy atom. The number of aliphatic hydroxyl groups excluding tert-OH is 1. The Balaban J connectivity index is 1.60. The summed E-state index contributed by atoms with van der Waals surface area (Å²) in [5.41, 5.74) is 0.667. The normalized spacial score (nSPS) is 55.7. The van der Waals surface area contributed by atoms with Crippen LogP contribution in [0.1, 0.15) is 78.6 Å². The summed E-state index contributed by atoms with van der Waals surface area (Å²) in [5.74, 6) is 4.10. The lowest BCUT2D eigenvalue weighted by Gasteiger charge is -2.59. The van der Waals surface area contributed by atoms with Gasteiger partial charge in [-0.2, -0.15) is 0 Å². The van der Waals surface area contributed by atoms with Crippen molar-refractivity contribution in [1.29, 1.82) is 0 Å². The molecule has 0 aliphatic heterocycles. The van der Waals surface area contributed by atoms with Gasteiger partial charge in [-0.3, -0.25) is 4.79 Å². The first-order valence-corrected chi connectivity index (χ1v) is 10.0. The lowest BCUT2D eigenvalue weighted by atomic mass is 9.46. The van der Waals surface area contributed by atoms with Crippen molar-refractivity contribution in [3.8, 4) is 0 Å². The fourth-order valence-electron chi connectivity index (χ4n) is 7.93. The second-order valence-corrected chi connectivity index (χ2v) is 9.95. The van der Waals surface area contributed by atoms with Crippen LogP contribution in [-0.4, -0.2) is 17.0 Å². The maximum atomic E-state index is 12.2. The summed E-state index contributed by atoms with van der Waals surface area (Å²) in [7, 11) is 0. The van der Waals surface area contributed by atoms with E-state index in [0.717, 1.165) is 42.9 Å². The van der Waals surface area contributed by atoms with Gasteiger partial charge in [-0.15, -0.1) is 0 Å². The molecule has 4 saturated carbocycles. The van der Waals surface area contributed by atoms with E-state index in [4.69, 9.17) is 0 Å². The lowest BCUT2D eigenvalue weighted by molar-refractivity contribution is -0.133. The zero-order valence-electron chi connectivity index (χ0n) is 15.2. The van der Waals surface area contributed by atoms with Crippen LogP contribution >= 0.6 is 0 Å².